The van der Waals surface area contributed by atoms with Crippen molar-refractivity contribution in [2.75, 3.05) is 38.1 Å². The van der Waals surface area contributed by atoms with Gasteiger partial charge >= 0.3 is 0 Å². The van der Waals surface area contributed by atoms with Crippen LogP contribution in [0, 0.1) is 0 Å². The van der Waals surface area contributed by atoms with E-state index < -0.39 is 0 Å². The van der Waals surface area contributed by atoms with E-state index in [-0.39, 0.29) is 0 Å². The molecular formula is C17H30N4. The van der Waals surface area contributed by atoms with Crippen molar-refractivity contribution in [2.45, 2.75) is 46.2 Å². The van der Waals surface area contributed by atoms with Crippen LogP contribution in [0.4, 0.5) is 5.82 Å². The molecule has 0 aromatic carbocycles. The summed E-state index contributed by atoms with van der Waals surface area (Å²) in [5.41, 5.74) is 2.55. The summed E-state index contributed by atoms with van der Waals surface area (Å²) in [7, 11) is 2.23. The number of aryl methyl sites for hydroxylation is 1. The Hall–Kier alpha value is -1.13. The molecule has 1 N–H and O–H groups in total. The van der Waals surface area contributed by atoms with E-state index in [2.05, 4.69) is 55.1 Å². The number of anilines is 1. The standard InChI is InChI=1S/C17H30N4/c1-5-15-10-14(12-18-7-3)11-17(19-15)21-9-8-20(4)16(6-2)13-21/h10-11,16,18H,5-9,12-13H2,1-4H3. The van der Waals surface area contributed by atoms with Gasteiger partial charge in [0.05, 0.1) is 0 Å². The fourth-order valence-corrected chi connectivity index (χ4v) is 2.94. The third kappa shape index (κ3) is 4.17. The molecule has 0 spiro atoms. The van der Waals surface area contributed by atoms with Crippen molar-refractivity contribution < 1.29 is 0 Å². The summed E-state index contributed by atoms with van der Waals surface area (Å²) in [5.74, 6) is 1.16. The highest BCUT2D eigenvalue weighted by Crippen LogP contribution is 2.20. The molecule has 1 fully saturated rings. The molecule has 0 amide bonds. The molecule has 1 aromatic heterocycles. The van der Waals surface area contributed by atoms with Gasteiger partial charge in [-0.25, -0.2) is 4.98 Å². The van der Waals surface area contributed by atoms with Gasteiger partial charge in [0.1, 0.15) is 5.82 Å². The maximum Gasteiger partial charge on any atom is 0.129 e. The predicted molar refractivity (Wildman–Crippen MR) is 89.9 cm³/mol. The Morgan fingerprint density at radius 2 is 2.05 bits per heavy atom. The molecule has 118 valence electrons. The fourth-order valence-electron chi connectivity index (χ4n) is 2.94. The number of hydrogen-bond donors (Lipinski definition) is 1. The largest absolute Gasteiger partial charge is 0.354 e. The van der Waals surface area contributed by atoms with Gasteiger partial charge in [0.2, 0.25) is 0 Å². The van der Waals surface area contributed by atoms with Gasteiger partial charge in [0, 0.05) is 37.9 Å². The smallest absolute Gasteiger partial charge is 0.129 e. The third-order valence-corrected chi connectivity index (χ3v) is 4.44. The average Bonchev–Trinajstić information content (AvgIpc) is 2.53. The molecule has 2 heterocycles. The molecule has 1 aromatic rings. The summed E-state index contributed by atoms with van der Waals surface area (Å²) in [6.45, 7) is 11.8. The van der Waals surface area contributed by atoms with Gasteiger partial charge in [0.25, 0.3) is 0 Å². The molecule has 0 bridgehead atoms. The lowest BCUT2D eigenvalue weighted by Crippen LogP contribution is -2.51. The van der Waals surface area contributed by atoms with Crippen molar-refractivity contribution in [2.24, 2.45) is 0 Å². The number of rotatable bonds is 6. The third-order valence-electron chi connectivity index (χ3n) is 4.44. The molecule has 4 nitrogen and oxygen atoms in total. The summed E-state index contributed by atoms with van der Waals surface area (Å²) < 4.78 is 0. The SMILES string of the molecule is CCNCc1cc(CC)nc(N2CCN(C)C(CC)C2)c1. The van der Waals surface area contributed by atoms with Crippen LogP contribution in [0.3, 0.4) is 0 Å². The summed E-state index contributed by atoms with van der Waals surface area (Å²) in [4.78, 5) is 9.79. The van der Waals surface area contributed by atoms with E-state index in [1.165, 1.54) is 17.7 Å². The summed E-state index contributed by atoms with van der Waals surface area (Å²) >= 11 is 0. The lowest BCUT2D eigenvalue weighted by atomic mass is 10.1. The number of piperazine rings is 1. The number of aromatic nitrogens is 1. The van der Waals surface area contributed by atoms with Crippen LogP contribution in [0.25, 0.3) is 0 Å². The molecule has 0 saturated carbocycles. The highest BCUT2D eigenvalue weighted by atomic mass is 15.3. The van der Waals surface area contributed by atoms with E-state index in [9.17, 15) is 0 Å². The van der Waals surface area contributed by atoms with Crippen molar-refractivity contribution in [3.05, 3.63) is 23.4 Å². The van der Waals surface area contributed by atoms with Crippen molar-refractivity contribution in [1.82, 2.24) is 15.2 Å². The van der Waals surface area contributed by atoms with E-state index in [1.54, 1.807) is 0 Å². The minimum atomic E-state index is 0.642. The molecular weight excluding hydrogens is 260 g/mol. The molecule has 0 radical (unpaired) electrons. The highest BCUT2D eigenvalue weighted by molar-refractivity contribution is 5.43. The number of hydrogen-bond acceptors (Lipinski definition) is 4. The fraction of sp³-hybridized carbons (Fsp3) is 0.706. The van der Waals surface area contributed by atoms with Gasteiger partial charge in [0.15, 0.2) is 0 Å². The zero-order valence-corrected chi connectivity index (χ0v) is 14.0. The Kier molecular flexibility index (Phi) is 6.00. The van der Waals surface area contributed by atoms with Crippen molar-refractivity contribution in [3.63, 3.8) is 0 Å². The first-order chi connectivity index (χ1) is 10.2. The van der Waals surface area contributed by atoms with Crippen LogP contribution >= 0.6 is 0 Å². The number of nitrogens with one attached hydrogen (secondary N) is 1. The second kappa shape index (κ2) is 7.76. The van der Waals surface area contributed by atoms with Crippen molar-refractivity contribution >= 4 is 5.82 Å². The van der Waals surface area contributed by atoms with E-state index in [4.69, 9.17) is 4.98 Å². The van der Waals surface area contributed by atoms with Gasteiger partial charge in [-0.05, 0) is 44.1 Å². The van der Waals surface area contributed by atoms with Gasteiger partial charge in [-0.15, -0.1) is 0 Å². The average molecular weight is 290 g/mol. The van der Waals surface area contributed by atoms with Crippen LogP contribution in [0.5, 0.6) is 0 Å². The monoisotopic (exact) mass is 290 g/mol. The Morgan fingerprint density at radius 3 is 2.71 bits per heavy atom. The van der Waals surface area contributed by atoms with Crippen LogP contribution in [0.2, 0.25) is 0 Å². The van der Waals surface area contributed by atoms with Gasteiger partial charge < -0.3 is 10.2 Å². The number of pyridine rings is 1. The molecule has 1 aliphatic heterocycles. The van der Waals surface area contributed by atoms with Crippen molar-refractivity contribution in [3.8, 4) is 0 Å². The number of nitrogens with zero attached hydrogens (tertiary/aromatic N) is 3. The zero-order valence-electron chi connectivity index (χ0n) is 14.0. The minimum Gasteiger partial charge on any atom is -0.354 e. The van der Waals surface area contributed by atoms with Crippen LogP contribution in [-0.4, -0.2) is 49.2 Å². The first-order valence-corrected chi connectivity index (χ1v) is 8.33. The summed E-state index contributed by atoms with van der Waals surface area (Å²) in [6, 6.07) is 5.14. The van der Waals surface area contributed by atoms with E-state index >= 15 is 0 Å². The molecule has 1 saturated heterocycles. The second-order valence-electron chi connectivity index (χ2n) is 5.95. The van der Waals surface area contributed by atoms with Crippen LogP contribution < -0.4 is 10.2 Å². The van der Waals surface area contributed by atoms with Crippen LogP contribution in [0.15, 0.2) is 12.1 Å². The van der Waals surface area contributed by atoms with Crippen LogP contribution in [-0.2, 0) is 13.0 Å². The Labute approximate surface area is 129 Å². The maximum absolute atomic E-state index is 4.86. The van der Waals surface area contributed by atoms with E-state index in [1.807, 2.05) is 0 Å². The summed E-state index contributed by atoms with van der Waals surface area (Å²) in [6.07, 6.45) is 2.20. The lowest BCUT2D eigenvalue weighted by Gasteiger charge is -2.40. The zero-order chi connectivity index (χ0) is 15.2. The summed E-state index contributed by atoms with van der Waals surface area (Å²) in [5, 5.41) is 3.42. The predicted octanol–water partition coefficient (Wildman–Crippen LogP) is 2.28. The van der Waals surface area contributed by atoms with E-state index in [0.29, 0.717) is 6.04 Å². The van der Waals surface area contributed by atoms with Crippen LogP contribution in [0.1, 0.15) is 38.4 Å². The first kappa shape index (κ1) is 16.2. The van der Waals surface area contributed by atoms with E-state index in [0.717, 1.165) is 45.0 Å². The highest BCUT2D eigenvalue weighted by Gasteiger charge is 2.24. The molecule has 21 heavy (non-hydrogen) atoms. The Morgan fingerprint density at radius 1 is 1.24 bits per heavy atom. The molecule has 1 unspecified atom stereocenters. The van der Waals surface area contributed by atoms with Gasteiger partial charge in [-0.3, -0.25) is 4.90 Å². The molecule has 4 heteroatoms. The quantitative estimate of drug-likeness (QED) is 0.871. The molecule has 2 rings (SSSR count). The Balaban J connectivity index is 2.17. The Bertz CT molecular complexity index is 446. The lowest BCUT2D eigenvalue weighted by molar-refractivity contribution is 0.213. The molecule has 1 atom stereocenters. The molecule has 1 aliphatic rings. The normalized spacial score (nSPS) is 20.0. The van der Waals surface area contributed by atoms with Gasteiger partial charge in [-0.1, -0.05) is 20.8 Å². The first-order valence-electron chi connectivity index (χ1n) is 8.33. The minimum absolute atomic E-state index is 0.642. The second-order valence-corrected chi connectivity index (χ2v) is 5.95. The maximum atomic E-state index is 4.86. The molecule has 0 aliphatic carbocycles. The topological polar surface area (TPSA) is 31.4 Å². The van der Waals surface area contributed by atoms with Gasteiger partial charge in [-0.2, -0.15) is 0 Å². The number of likely N-dealkylation sites (N-methyl/N-ethyl adjacent to an activating group) is 1. The van der Waals surface area contributed by atoms with Crippen molar-refractivity contribution in [1.29, 1.82) is 0 Å².